The molecule has 11 nitrogen and oxygen atoms in total. The Hall–Kier alpha value is -3.31. The van der Waals surface area contributed by atoms with E-state index in [0.717, 1.165) is 6.29 Å². The number of aldehydes is 2. The molecule has 0 aliphatic rings. The van der Waals surface area contributed by atoms with E-state index in [1.54, 1.807) is 27.8 Å². The van der Waals surface area contributed by atoms with Gasteiger partial charge in [-0.1, -0.05) is 49.7 Å². The van der Waals surface area contributed by atoms with E-state index < -0.39 is 17.7 Å². The molecule has 0 bridgehead atoms. The van der Waals surface area contributed by atoms with E-state index in [1.165, 1.54) is 19.7 Å². The minimum absolute atomic E-state index is 0.0660. The monoisotopic (exact) mass is 554 g/mol. The van der Waals surface area contributed by atoms with Gasteiger partial charge >= 0.3 is 12.1 Å². The Morgan fingerprint density at radius 1 is 1.00 bits per heavy atom. The van der Waals surface area contributed by atoms with Gasteiger partial charge < -0.3 is 40.7 Å². The van der Waals surface area contributed by atoms with Crippen LogP contribution < -0.4 is 21.7 Å². The van der Waals surface area contributed by atoms with Gasteiger partial charge in [0.25, 0.3) is 0 Å². The number of methoxy groups -OCH3 is 1. The molecule has 224 valence electrons. The molecule has 0 fully saturated rings. The van der Waals surface area contributed by atoms with Gasteiger partial charge in [-0.2, -0.15) is 0 Å². The lowest BCUT2D eigenvalue weighted by Gasteiger charge is -2.24. The van der Waals surface area contributed by atoms with E-state index in [9.17, 15) is 24.0 Å². The molecule has 2 amide bonds. The molecule has 0 saturated carbocycles. The zero-order valence-electron chi connectivity index (χ0n) is 25.0. The van der Waals surface area contributed by atoms with Crippen LogP contribution in [0.25, 0.3) is 0 Å². The maximum Gasteiger partial charge on any atom is 0.408 e. The van der Waals surface area contributed by atoms with Crippen LogP contribution in [0.5, 0.6) is 0 Å². The van der Waals surface area contributed by atoms with Crippen molar-refractivity contribution in [2.45, 2.75) is 78.5 Å². The second kappa shape index (κ2) is 25.0. The molecule has 1 rings (SSSR count). The summed E-state index contributed by atoms with van der Waals surface area (Å²) in [4.78, 5) is 54.5. The maximum atomic E-state index is 11.8. The lowest BCUT2D eigenvalue weighted by atomic mass is 10.0. The number of ether oxygens (including phenoxy) is 2. The first kappa shape index (κ1) is 40.2. The molecule has 0 saturated heterocycles. The minimum Gasteiger partial charge on any atom is -0.468 e. The lowest BCUT2D eigenvalue weighted by Crippen LogP contribution is -2.49. The number of amides is 2. The number of likely N-dealkylation sites (N-methyl/N-ethyl adjacent to an activating group) is 1. The van der Waals surface area contributed by atoms with Crippen molar-refractivity contribution < 1.29 is 33.4 Å². The number of alkyl carbamates (subject to hydrolysis) is 1. The summed E-state index contributed by atoms with van der Waals surface area (Å²) in [6.07, 6.45) is 2.09. The number of esters is 1. The fourth-order valence-corrected chi connectivity index (χ4v) is 2.71. The van der Waals surface area contributed by atoms with E-state index in [-0.39, 0.29) is 30.4 Å². The van der Waals surface area contributed by atoms with Crippen molar-refractivity contribution in [2.24, 2.45) is 11.7 Å². The summed E-state index contributed by atoms with van der Waals surface area (Å²) < 4.78 is 9.59. The Balaban J connectivity index is -0.000000541. The minimum atomic E-state index is -0.699. The van der Waals surface area contributed by atoms with Gasteiger partial charge in [0.1, 0.15) is 30.3 Å². The average molecular weight is 555 g/mol. The van der Waals surface area contributed by atoms with Crippen LogP contribution in [-0.4, -0.2) is 76.0 Å². The quantitative estimate of drug-likeness (QED) is 0.237. The van der Waals surface area contributed by atoms with Gasteiger partial charge in [0.15, 0.2) is 0 Å². The molecule has 0 aromatic heterocycles. The molecule has 0 spiro atoms. The molecular weight excluding hydrogens is 504 g/mol. The molecule has 0 aliphatic heterocycles. The highest BCUT2D eigenvalue weighted by Crippen LogP contribution is 2.09. The third-order valence-corrected chi connectivity index (χ3v) is 4.42. The topological polar surface area (TPSA) is 166 Å². The van der Waals surface area contributed by atoms with Crippen LogP contribution in [0.3, 0.4) is 0 Å². The summed E-state index contributed by atoms with van der Waals surface area (Å²) in [5, 5.41) is 7.71. The van der Waals surface area contributed by atoms with Crippen LogP contribution in [0.2, 0.25) is 0 Å². The van der Waals surface area contributed by atoms with Gasteiger partial charge in [0.05, 0.1) is 13.7 Å². The zero-order valence-corrected chi connectivity index (χ0v) is 25.0. The first-order valence-corrected chi connectivity index (χ1v) is 12.8. The van der Waals surface area contributed by atoms with E-state index in [0.29, 0.717) is 25.5 Å². The Morgan fingerprint density at radius 3 is 1.92 bits per heavy atom. The van der Waals surface area contributed by atoms with Crippen LogP contribution in [0, 0.1) is 12.8 Å². The van der Waals surface area contributed by atoms with Crippen molar-refractivity contribution in [2.75, 3.05) is 27.7 Å². The Morgan fingerprint density at radius 2 is 1.56 bits per heavy atom. The van der Waals surface area contributed by atoms with Crippen molar-refractivity contribution in [3.63, 3.8) is 0 Å². The number of carbonyl (C=O) groups excluding carboxylic acids is 5. The third kappa shape index (κ3) is 26.1. The molecule has 1 aromatic carbocycles. The summed E-state index contributed by atoms with van der Waals surface area (Å²) in [5.41, 5.74) is 5.20. The highest BCUT2D eigenvalue weighted by Gasteiger charge is 2.24. The van der Waals surface area contributed by atoms with E-state index in [4.69, 9.17) is 4.74 Å². The first-order chi connectivity index (χ1) is 18.3. The SMILES string of the molecule is CC(C)CC(NC(=O)OC(C)(C)C)C(=O)NCC=O.CN.CNC(CCC=O)C(=O)OC.Cc1ccccc1. The third-order valence-electron chi connectivity index (χ3n) is 4.42. The van der Waals surface area contributed by atoms with E-state index in [2.05, 4.69) is 45.5 Å². The molecule has 2 atom stereocenters. The molecule has 39 heavy (non-hydrogen) atoms. The summed E-state index contributed by atoms with van der Waals surface area (Å²) in [6, 6.07) is 9.21. The first-order valence-electron chi connectivity index (χ1n) is 12.8. The summed E-state index contributed by atoms with van der Waals surface area (Å²) in [6.45, 7) is 11.1. The number of aryl methyl sites for hydroxylation is 1. The summed E-state index contributed by atoms with van der Waals surface area (Å²) >= 11 is 0. The largest absolute Gasteiger partial charge is 0.468 e. The number of nitrogens with two attached hydrogens (primary N) is 1. The predicted octanol–water partition coefficient (Wildman–Crippen LogP) is 2.54. The van der Waals surface area contributed by atoms with Crippen LogP contribution in [-0.2, 0) is 28.7 Å². The van der Waals surface area contributed by atoms with Crippen LogP contribution in [0.1, 0.15) is 59.4 Å². The van der Waals surface area contributed by atoms with Gasteiger partial charge in [-0.05, 0) is 60.5 Å². The molecule has 0 radical (unpaired) electrons. The molecule has 11 heteroatoms. The second-order valence-electron chi connectivity index (χ2n) is 9.50. The van der Waals surface area contributed by atoms with Crippen molar-refractivity contribution in [1.82, 2.24) is 16.0 Å². The number of carbonyl (C=O) groups is 5. The van der Waals surface area contributed by atoms with E-state index in [1.807, 2.05) is 32.0 Å². The molecule has 1 aromatic rings. The summed E-state index contributed by atoms with van der Waals surface area (Å²) in [7, 11) is 4.49. The second-order valence-corrected chi connectivity index (χ2v) is 9.50. The molecular formula is C28H50N4O7. The smallest absolute Gasteiger partial charge is 0.408 e. The highest BCUT2D eigenvalue weighted by atomic mass is 16.6. The predicted molar refractivity (Wildman–Crippen MR) is 153 cm³/mol. The molecule has 0 aliphatic carbocycles. The fourth-order valence-electron chi connectivity index (χ4n) is 2.71. The average Bonchev–Trinajstić information content (AvgIpc) is 2.88. The number of rotatable bonds is 11. The van der Waals surface area contributed by atoms with Gasteiger partial charge in [-0.15, -0.1) is 0 Å². The highest BCUT2D eigenvalue weighted by molar-refractivity contribution is 5.86. The molecule has 2 unspecified atom stereocenters. The van der Waals surface area contributed by atoms with Crippen molar-refractivity contribution in [3.05, 3.63) is 35.9 Å². The van der Waals surface area contributed by atoms with Crippen LogP contribution in [0.15, 0.2) is 30.3 Å². The van der Waals surface area contributed by atoms with Gasteiger partial charge in [-0.3, -0.25) is 9.59 Å². The fraction of sp³-hybridized carbons (Fsp3) is 0.607. The summed E-state index contributed by atoms with van der Waals surface area (Å²) in [5.74, 6) is -0.483. The Kier molecular flexibility index (Phi) is 25.8. The van der Waals surface area contributed by atoms with Gasteiger partial charge in [0.2, 0.25) is 5.91 Å². The van der Waals surface area contributed by atoms with Gasteiger partial charge in [-0.25, -0.2) is 4.79 Å². The standard InChI is InChI=1S/C13H24N2O4.C7H13NO3.C7H8.CH5N/c1-9(2)8-10(11(17)14-6-7-16)15-12(18)19-13(3,4)5;1-8-6(4-3-5-9)7(10)11-2;1-7-5-3-2-4-6-7;1-2/h7,9-10H,6,8H2,1-5H3,(H,14,17)(H,15,18);5-6,8H,3-4H2,1-2H3;2-6H,1H3;2H2,1H3. The number of hydrogen-bond acceptors (Lipinski definition) is 9. The molecule has 5 N–H and O–H groups in total. The van der Waals surface area contributed by atoms with Crippen molar-refractivity contribution in [1.29, 1.82) is 0 Å². The number of nitrogens with one attached hydrogen (secondary N) is 3. The van der Waals surface area contributed by atoms with Crippen LogP contribution >= 0.6 is 0 Å². The lowest BCUT2D eigenvalue weighted by molar-refractivity contribution is -0.143. The normalized spacial score (nSPS) is 11.4. The maximum absolute atomic E-state index is 11.8. The Bertz CT molecular complexity index is 797. The van der Waals surface area contributed by atoms with Crippen molar-refractivity contribution >= 4 is 30.5 Å². The molecule has 0 heterocycles. The van der Waals surface area contributed by atoms with Crippen molar-refractivity contribution in [3.8, 4) is 0 Å². The van der Waals surface area contributed by atoms with Crippen LogP contribution in [0.4, 0.5) is 4.79 Å². The zero-order chi connectivity index (χ0) is 30.9. The Labute approximate surface area is 234 Å². The number of benzene rings is 1. The van der Waals surface area contributed by atoms with E-state index >= 15 is 0 Å². The van der Waals surface area contributed by atoms with Gasteiger partial charge in [0, 0.05) is 6.42 Å². The number of hydrogen-bond donors (Lipinski definition) is 4.